The minimum Gasteiger partial charge on any atom is -0.320 e. The van der Waals surface area contributed by atoms with E-state index in [9.17, 15) is 20.2 Å². The van der Waals surface area contributed by atoms with E-state index >= 15 is 0 Å². The number of nitro groups is 1. The molecular weight excluding hydrogens is 389 g/mol. The molecule has 2 rings (SSSR count). The molecule has 0 atom stereocenters. The number of halogens is 3. The lowest BCUT2D eigenvalue weighted by Gasteiger charge is -2.07. The van der Waals surface area contributed by atoms with Crippen LogP contribution in [0.5, 0.6) is 0 Å². The molecule has 6 nitrogen and oxygen atoms in total. The van der Waals surface area contributed by atoms with Gasteiger partial charge in [-0.2, -0.15) is 5.26 Å². The second-order valence-corrected chi connectivity index (χ2v) is 5.88. The lowest BCUT2D eigenvalue weighted by molar-refractivity contribution is -0.384. The molecule has 0 saturated heterocycles. The third-order valence-corrected chi connectivity index (χ3v) is 4.22. The SMILES string of the molecule is N#CC(=Cc1cc([N+](=O)[O-])ccc1Cl)C(=O)Nc1cccc(Cl)c1Cl. The van der Waals surface area contributed by atoms with Crippen LogP contribution in [0.3, 0.4) is 0 Å². The first-order valence-corrected chi connectivity index (χ1v) is 7.78. The van der Waals surface area contributed by atoms with Crippen LogP contribution in [-0.2, 0) is 4.79 Å². The summed E-state index contributed by atoms with van der Waals surface area (Å²) < 4.78 is 0. The van der Waals surface area contributed by atoms with Gasteiger partial charge in [0.2, 0.25) is 0 Å². The minimum absolute atomic E-state index is 0.128. The second-order valence-electron chi connectivity index (χ2n) is 4.69. The molecule has 2 aromatic carbocycles. The van der Waals surface area contributed by atoms with E-state index in [4.69, 9.17) is 34.8 Å². The maximum atomic E-state index is 12.3. The van der Waals surface area contributed by atoms with Gasteiger partial charge in [-0.25, -0.2) is 0 Å². The van der Waals surface area contributed by atoms with Crippen LogP contribution in [0.2, 0.25) is 15.1 Å². The molecule has 0 radical (unpaired) electrons. The molecule has 0 aliphatic carbocycles. The smallest absolute Gasteiger partial charge is 0.270 e. The standard InChI is InChI=1S/C16H8Cl3N3O3/c17-12-5-4-11(22(24)25)7-9(12)6-10(8-20)16(23)21-14-3-1-2-13(18)15(14)19/h1-7H,(H,21,23). The van der Waals surface area contributed by atoms with Crippen molar-refractivity contribution in [1.29, 1.82) is 5.26 Å². The number of hydrogen-bond donors (Lipinski definition) is 1. The summed E-state index contributed by atoms with van der Waals surface area (Å²) in [5.74, 6) is -0.755. The molecule has 0 aromatic heterocycles. The number of carbonyl (C=O) groups excluding carboxylic acids is 1. The van der Waals surface area contributed by atoms with Crippen molar-refractivity contribution in [2.45, 2.75) is 0 Å². The van der Waals surface area contributed by atoms with Gasteiger partial charge in [0.1, 0.15) is 11.6 Å². The fourth-order valence-corrected chi connectivity index (χ4v) is 2.37. The third kappa shape index (κ3) is 4.48. The van der Waals surface area contributed by atoms with Crippen molar-refractivity contribution in [1.82, 2.24) is 0 Å². The zero-order valence-electron chi connectivity index (χ0n) is 12.3. The van der Waals surface area contributed by atoms with Crippen molar-refractivity contribution in [3.63, 3.8) is 0 Å². The van der Waals surface area contributed by atoms with Crippen molar-refractivity contribution in [3.8, 4) is 6.07 Å². The topological polar surface area (TPSA) is 96.0 Å². The highest BCUT2D eigenvalue weighted by molar-refractivity contribution is 6.44. The molecule has 2 aromatic rings. The monoisotopic (exact) mass is 395 g/mol. The number of amides is 1. The van der Waals surface area contributed by atoms with Crippen molar-refractivity contribution >= 4 is 58.2 Å². The predicted octanol–water partition coefficient (Wildman–Crippen LogP) is 5.10. The number of nitro benzene ring substituents is 1. The van der Waals surface area contributed by atoms with Gasteiger partial charge in [-0.1, -0.05) is 40.9 Å². The Balaban J connectivity index is 2.36. The number of nitrogens with one attached hydrogen (secondary N) is 1. The molecule has 0 heterocycles. The summed E-state index contributed by atoms with van der Waals surface area (Å²) >= 11 is 17.8. The maximum absolute atomic E-state index is 12.3. The van der Waals surface area contributed by atoms with Crippen molar-refractivity contribution in [3.05, 3.63) is 72.7 Å². The van der Waals surface area contributed by atoms with Crippen LogP contribution in [0.1, 0.15) is 5.56 Å². The normalized spacial score (nSPS) is 10.9. The maximum Gasteiger partial charge on any atom is 0.270 e. The van der Waals surface area contributed by atoms with E-state index in [1.165, 1.54) is 24.3 Å². The van der Waals surface area contributed by atoms with Crippen LogP contribution >= 0.6 is 34.8 Å². The molecule has 1 amide bonds. The first-order valence-electron chi connectivity index (χ1n) is 6.64. The van der Waals surface area contributed by atoms with E-state index in [1.54, 1.807) is 18.2 Å². The number of non-ortho nitro benzene ring substituents is 1. The van der Waals surface area contributed by atoms with Gasteiger partial charge in [0, 0.05) is 22.7 Å². The lowest BCUT2D eigenvalue weighted by Crippen LogP contribution is -2.13. The Hall–Kier alpha value is -2.59. The highest BCUT2D eigenvalue weighted by Crippen LogP contribution is 2.30. The van der Waals surface area contributed by atoms with E-state index < -0.39 is 10.8 Å². The fraction of sp³-hybridized carbons (Fsp3) is 0. The van der Waals surface area contributed by atoms with Gasteiger partial charge in [0.05, 0.1) is 20.7 Å². The van der Waals surface area contributed by atoms with Crippen molar-refractivity contribution < 1.29 is 9.72 Å². The molecule has 9 heteroatoms. The van der Waals surface area contributed by atoms with Crippen LogP contribution in [0.25, 0.3) is 6.08 Å². The lowest BCUT2D eigenvalue weighted by atomic mass is 10.1. The third-order valence-electron chi connectivity index (χ3n) is 3.06. The molecule has 0 fully saturated rings. The second kappa shape index (κ2) is 7.99. The van der Waals surface area contributed by atoms with E-state index in [0.717, 1.165) is 6.08 Å². The first kappa shape index (κ1) is 18.7. The molecule has 0 bridgehead atoms. The molecule has 126 valence electrons. The Kier molecular flexibility index (Phi) is 5.99. The molecule has 1 N–H and O–H groups in total. The molecule has 0 unspecified atom stereocenters. The van der Waals surface area contributed by atoms with Gasteiger partial charge >= 0.3 is 0 Å². The molecule has 0 saturated carbocycles. The quantitative estimate of drug-likeness (QED) is 0.336. The average Bonchev–Trinajstić information content (AvgIpc) is 2.57. The van der Waals surface area contributed by atoms with Gasteiger partial charge in [-0.15, -0.1) is 0 Å². The fourth-order valence-electron chi connectivity index (χ4n) is 1.85. The van der Waals surface area contributed by atoms with Crippen LogP contribution in [0, 0.1) is 21.4 Å². The predicted molar refractivity (Wildman–Crippen MR) is 96.8 cm³/mol. The zero-order chi connectivity index (χ0) is 18.6. The Labute approximate surface area is 157 Å². The van der Waals surface area contributed by atoms with Crippen LogP contribution < -0.4 is 5.32 Å². The van der Waals surface area contributed by atoms with Crippen LogP contribution in [0.4, 0.5) is 11.4 Å². The van der Waals surface area contributed by atoms with E-state index in [1.807, 2.05) is 0 Å². The summed E-state index contributed by atoms with van der Waals surface area (Å²) in [4.78, 5) is 22.5. The number of anilines is 1. The molecule has 0 spiro atoms. The highest BCUT2D eigenvalue weighted by Gasteiger charge is 2.15. The summed E-state index contributed by atoms with van der Waals surface area (Å²) in [6.07, 6.45) is 1.16. The van der Waals surface area contributed by atoms with Gasteiger partial charge in [-0.3, -0.25) is 14.9 Å². The Morgan fingerprint density at radius 3 is 2.56 bits per heavy atom. The van der Waals surface area contributed by atoms with Crippen molar-refractivity contribution in [2.24, 2.45) is 0 Å². The van der Waals surface area contributed by atoms with Gasteiger partial charge < -0.3 is 5.32 Å². The number of nitrogens with zero attached hydrogens (tertiary/aromatic N) is 2. The van der Waals surface area contributed by atoms with E-state index in [2.05, 4.69) is 5.32 Å². The summed E-state index contributed by atoms with van der Waals surface area (Å²) in [5.41, 5.74) is -0.130. The summed E-state index contributed by atoms with van der Waals surface area (Å²) in [6, 6.07) is 10.1. The molecule has 0 aliphatic heterocycles. The average molecular weight is 397 g/mol. The molecule has 0 aliphatic rings. The minimum atomic E-state index is -0.755. The van der Waals surface area contributed by atoms with Crippen LogP contribution in [-0.4, -0.2) is 10.8 Å². The first-order chi connectivity index (χ1) is 11.8. The van der Waals surface area contributed by atoms with Crippen molar-refractivity contribution in [2.75, 3.05) is 5.32 Å². The Bertz CT molecular complexity index is 936. The number of carbonyl (C=O) groups is 1. The Morgan fingerprint density at radius 2 is 1.92 bits per heavy atom. The number of nitriles is 1. The largest absolute Gasteiger partial charge is 0.320 e. The zero-order valence-corrected chi connectivity index (χ0v) is 14.6. The number of hydrogen-bond acceptors (Lipinski definition) is 4. The van der Waals surface area contributed by atoms with Crippen LogP contribution in [0.15, 0.2) is 42.0 Å². The van der Waals surface area contributed by atoms with Gasteiger partial charge in [0.15, 0.2) is 0 Å². The summed E-state index contributed by atoms with van der Waals surface area (Å²) in [6.45, 7) is 0. The molecule has 25 heavy (non-hydrogen) atoms. The van der Waals surface area contributed by atoms with Gasteiger partial charge in [0.25, 0.3) is 11.6 Å². The van der Waals surface area contributed by atoms with E-state index in [0.29, 0.717) is 0 Å². The molecular formula is C16H8Cl3N3O3. The summed E-state index contributed by atoms with van der Waals surface area (Å²) in [5, 5.41) is 23.0. The Morgan fingerprint density at radius 1 is 1.20 bits per heavy atom. The number of benzene rings is 2. The van der Waals surface area contributed by atoms with Gasteiger partial charge in [-0.05, 0) is 24.3 Å². The highest BCUT2D eigenvalue weighted by atomic mass is 35.5. The number of rotatable bonds is 4. The van der Waals surface area contributed by atoms with E-state index in [-0.39, 0.29) is 37.6 Å². The summed E-state index contributed by atoms with van der Waals surface area (Å²) in [7, 11) is 0.